The molecule has 5 heteroatoms. The van der Waals surface area contributed by atoms with Gasteiger partial charge in [0.25, 0.3) is 0 Å². The molecule has 0 saturated carbocycles. The molecule has 0 amide bonds. The van der Waals surface area contributed by atoms with Crippen LogP contribution >= 0.6 is 15.9 Å². The van der Waals surface area contributed by atoms with Gasteiger partial charge in [0.15, 0.2) is 0 Å². The van der Waals surface area contributed by atoms with Gasteiger partial charge in [-0.15, -0.1) is 0 Å². The molecule has 106 valence electrons. The molecule has 20 heavy (non-hydrogen) atoms. The van der Waals surface area contributed by atoms with Crippen molar-refractivity contribution in [2.45, 2.75) is 26.3 Å². The summed E-state index contributed by atoms with van der Waals surface area (Å²) in [6.07, 6.45) is 2.65. The van der Waals surface area contributed by atoms with Crippen molar-refractivity contribution in [3.05, 3.63) is 46.7 Å². The predicted molar refractivity (Wildman–Crippen MR) is 87.0 cm³/mol. The van der Waals surface area contributed by atoms with E-state index in [1.54, 1.807) is 6.33 Å². The van der Waals surface area contributed by atoms with Crippen LogP contribution in [-0.2, 0) is 0 Å². The van der Waals surface area contributed by atoms with Crippen molar-refractivity contribution < 1.29 is 0 Å². The Labute approximate surface area is 128 Å². The second-order valence-corrected chi connectivity index (χ2v) is 5.55. The van der Waals surface area contributed by atoms with Gasteiger partial charge in [-0.1, -0.05) is 35.0 Å². The summed E-state index contributed by atoms with van der Waals surface area (Å²) in [5.74, 6) is 1.68. The molecule has 1 aromatic carbocycles. The topological polar surface area (TPSA) is 49.8 Å². The lowest BCUT2D eigenvalue weighted by Gasteiger charge is -2.15. The van der Waals surface area contributed by atoms with Crippen LogP contribution < -0.4 is 10.6 Å². The first-order valence-electron chi connectivity index (χ1n) is 6.77. The minimum Gasteiger partial charge on any atom is -0.370 e. The van der Waals surface area contributed by atoms with Crippen LogP contribution in [0.3, 0.4) is 0 Å². The molecule has 2 rings (SSSR count). The van der Waals surface area contributed by atoms with Gasteiger partial charge in [0, 0.05) is 23.1 Å². The quantitative estimate of drug-likeness (QED) is 0.829. The van der Waals surface area contributed by atoms with Gasteiger partial charge in [0.05, 0.1) is 0 Å². The van der Waals surface area contributed by atoms with E-state index in [2.05, 4.69) is 62.5 Å². The Morgan fingerprint density at radius 1 is 1.20 bits per heavy atom. The van der Waals surface area contributed by atoms with Crippen molar-refractivity contribution in [2.24, 2.45) is 0 Å². The Bertz CT molecular complexity index is 559. The maximum absolute atomic E-state index is 4.26. The molecule has 0 aliphatic heterocycles. The molecular formula is C15H19BrN4. The third-order valence-corrected chi connectivity index (χ3v) is 3.43. The summed E-state index contributed by atoms with van der Waals surface area (Å²) in [5, 5.41) is 6.65. The van der Waals surface area contributed by atoms with Crippen LogP contribution in [-0.4, -0.2) is 16.5 Å². The van der Waals surface area contributed by atoms with E-state index in [0.717, 1.165) is 29.1 Å². The van der Waals surface area contributed by atoms with E-state index in [-0.39, 0.29) is 6.04 Å². The highest BCUT2D eigenvalue weighted by atomic mass is 79.9. The van der Waals surface area contributed by atoms with Crippen LogP contribution in [0.15, 0.2) is 41.1 Å². The molecule has 1 aromatic heterocycles. The highest BCUT2D eigenvalue weighted by Gasteiger charge is 2.07. The zero-order valence-corrected chi connectivity index (χ0v) is 13.3. The second kappa shape index (κ2) is 7.24. The molecule has 2 N–H and O–H groups in total. The van der Waals surface area contributed by atoms with Crippen LogP contribution in [0.2, 0.25) is 0 Å². The van der Waals surface area contributed by atoms with E-state index in [0.29, 0.717) is 0 Å². The van der Waals surface area contributed by atoms with Crippen LogP contribution in [0, 0.1) is 0 Å². The highest BCUT2D eigenvalue weighted by molar-refractivity contribution is 9.10. The summed E-state index contributed by atoms with van der Waals surface area (Å²) in [6, 6.07) is 10.4. The van der Waals surface area contributed by atoms with Crippen molar-refractivity contribution in [2.75, 3.05) is 17.2 Å². The fraction of sp³-hybridized carbons (Fsp3) is 0.333. The van der Waals surface area contributed by atoms with Crippen molar-refractivity contribution in [1.82, 2.24) is 9.97 Å². The molecule has 0 fully saturated rings. The van der Waals surface area contributed by atoms with Gasteiger partial charge >= 0.3 is 0 Å². The van der Waals surface area contributed by atoms with Gasteiger partial charge in [-0.2, -0.15) is 0 Å². The van der Waals surface area contributed by atoms with E-state index in [1.165, 1.54) is 5.56 Å². The average Bonchev–Trinajstić information content (AvgIpc) is 2.45. The summed E-state index contributed by atoms with van der Waals surface area (Å²) in [7, 11) is 0. The average molecular weight is 335 g/mol. The number of nitrogens with zero attached hydrogens (tertiary/aromatic N) is 2. The molecule has 1 heterocycles. The minimum atomic E-state index is 0.182. The molecule has 4 nitrogen and oxygen atoms in total. The first kappa shape index (κ1) is 14.8. The van der Waals surface area contributed by atoms with E-state index < -0.39 is 0 Å². The number of hydrogen-bond acceptors (Lipinski definition) is 4. The Kier molecular flexibility index (Phi) is 5.35. The second-order valence-electron chi connectivity index (χ2n) is 4.64. The maximum Gasteiger partial charge on any atom is 0.131 e. The van der Waals surface area contributed by atoms with Gasteiger partial charge in [0.2, 0.25) is 0 Å². The predicted octanol–water partition coefficient (Wildman–Crippen LogP) is 4.23. The first-order valence-corrected chi connectivity index (χ1v) is 7.56. The number of halogens is 1. The zero-order valence-electron chi connectivity index (χ0n) is 11.7. The summed E-state index contributed by atoms with van der Waals surface area (Å²) < 4.78 is 1.08. The van der Waals surface area contributed by atoms with Crippen LogP contribution in [0.1, 0.15) is 31.9 Å². The Morgan fingerprint density at radius 2 is 2.00 bits per heavy atom. The van der Waals surface area contributed by atoms with Crippen LogP contribution in [0.4, 0.5) is 11.6 Å². The molecule has 0 bridgehead atoms. The number of benzene rings is 1. The third-order valence-electron chi connectivity index (χ3n) is 2.94. The zero-order chi connectivity index (χ0) is 14.4. The Balaban J connectivity index is 2.05. The van der Waals surface area contributed by atoms with E-state index in [4.69, 9.17) is 0 Å². The lowest BCUT2D eigenvalue weighted by atomic mass is 10.1. The fourth-order valence-electron chi connectivity index (χ4n) is 1.87. The number of rotatable bonds is 6. The van der Waals surface area contributed by atoms with Gasteiger partial charge in [-0.05, 0) is 31.0 Å². The SMILES string of the molecule is CCCNc1cc(NC(C)c2cccc(Br)c2)ncn1. The third kappa shape index (κ3) is 4.20. The number of aromatic nitrogens is 2. The van der Waals surface area contributed by atoms with Crippen molar-refractivity contribution in [3.63, 3.8) is 0 Å². The van der Waals surface area contributed by atoms with Crippen molar-refractivity contribution >= 4 is 27.6 Å². The summed E-state index contributed by atoms with van der Waals surface area (Å²) in [4.78, 5) is 8.46. The monoisotopic (exact) mass is 334 g/mol. The number of hydrogen-bond donors (Lipinski definition) is 2. The van der Waals surface area contributed by atoms with Gasteiger partial charge in [-0.25, -0.2) is 9.97 Å². The van der Waals surface area contributed by atoms with E-state index >= 15 is 0 Å². The van der Waals surface area contributed by atoms with E-state index in [1.807, 2.05) is 18.2 Å². The smallest absolute Gasteiger partial charge is 0.131 e. The Morgan fingerprint density at radius 3 is 2.75 bits per heavy atom. The molecule has 0 aliphatic carbocycles. The van der Waals surface area contributed by atoms with Gasteiger partial charge < -0.3 is 10.6 Å². The van der Waals surface area contributed by atoms with Crippen molar-refractivity contribution in [1.29, 1.82) is 0 Å². The number of nitrogens with one attached hydrogen (secondary N) is 2. The Hall–Kier alpha value is -1.62. The molecular weight excluding hydrogens is 316 g/mol. The molecule has 0 spiro atoms. The first-order chi connectivity index (χ1) is 9.69. The molecule has 1 atom stereocenters. The summed E-state index contributed by atoms with van der Waals surface area (Å²) in [5.41, 5.74) is 1.21. The summed E-state index contributed by atoms with van der Waals surface area (Å²) in [6.45, 7) is 5.16. The fourth-order valence-corrected chi connectivity index (χ4v) is 2.28. The lowest BCUT2D eigenvalue weighted by molar-refractivity contribution is 0.870. The number of anilines is 2. The van der Waals surface area contributed by atoms with Crippen LogP contribution in [0.25, 0.3) is 0 Å². The molecule has 0 saturated heterocycles. The molecule has 1 unspecified atom stereocenters. The standard InChI is InChI=1S/C15H19BrN4/c1-3-7-17-14-9-15(19-10-18-14)20-11(2)12-5-4-6-13(16)8-12/h4-6,8-11H,3,7H2,1-2H3,(H2,17,18,19,20). The largest absolute Gasteiger partial charge is 0.370 e. The van der Waals surface area contributed by atoms with Crippen LogP contribution in [0.5, 0.6) is 0 Å². The minimum absolute atomic E-state index is 0.182. The maximum atomic E-state index is 4.26. The summed E-state index contributed by atoms with van der Waals surface area (Å²) >= 11 is 3.49. The van der Waals surface area contributed by atoms with Gasteiger partial charge in [0.1, 0.15) is 18.0 Å². The lowest BCUT2D eigenvalue weighted by Crippen LogP contribution is -2.09. The van der Waals surface area contributed by atoms with E-state index in [9.17, 15) is 0 Å². The molecule has 0 radical (unpaired) electrons. The highest BCUT2D eigenvalue weighted by Crippen LogP contribution is 2.21. The molecule has 0 aliphatic rings. The molecule has 2 aromatic rings. The van der Waals surface area contributed by atoms with Gasteiger partial charge in [-0.3, -0.25) is 0 Å². The normalized spacial score (nSPS) is 11.9. The van der Waals surface area contributed by atoms with Crippen molar-refractivity contribution in [3.8, 4) is 0 Å².